The summed E-state index contributed by atoms with van der Waals surface area (Å²) in [5.74, 6) is -0.905. The van der Waals surface area contributed by atoms with Gasteiger partial charge >= 0.3 is 0 Å². The van der Waals surface area contributed by atoms with E-state index in [0.717, 1.165) is 22.7 Å². The van der Waals surface area contributed by atoms with Crippen LogP contribution < -0.4 is 9.62 Å². The van der Waals surface area contributed by atoms with Crippen molar-refractivity contribution in [2.24, 2.45) is 0 Å². The van der Waals surface area contributed by atoms with Crippen molar-refractivity contribution in [1.29, 1.82) is 0 Å². The first-order chi connectivity index (χ1) is 16.4. The number of rotatable bonds is 8. The van der Waals surface area contributed by atoms with E-state index in [2.05, 4.69) is 23.5 Å². The topological polar surface area (TPSA) is 66.5 Å². The van der Waals surface area contributed by atoms with Crippen molar-refractivity contribution in [3.63, 3.8) is 0 Å². The fraction of sp³-hybridized carbons (Fsp3) is 0.296. The normalized spacial score (nSPS) is 14.2. The van der Waals surface area contributed by atoms with E-state index in [-0.39, 0.29) is 16.6 Å². The summed E-state index contributed by atoms with van der Waals surface area (Å²) in [7, 11) is -4.03. The summed E-state index contributed by atoms with van der Waals surface area (Å²) in [6, 6.07) is 19.2. The quantitative estimate of drug-likeness (QED) is 0.484. The molecular formula is C27H29FN2O3S. The van der Waals surface area contributed by atoms with Crippen molar-refractivity contribution < 1.29 is 17.6 Å². The van der Waals surface area contributed by atoms with Gasteiger partial charge in [0, 0.05) is 0 Å². The van der Waals surface area contributed by atoms with Crippen LogP contribution in [-0.4, -0.2) is 20.9 Å². The molecule has 0 aliphatic heterocycles. The highest BCUT2D eigenvalue weighted by Crippen LogP contribution is 2.27. The van der Waals surface area contributed by atoms with E-state index in [0.29, 0.717) is 6.42 Å². The van der Waals surface area contributed by atoms with Crippen LogP contribution in [0, 0.1) is 5.82 Å². The van der Waals surface area contributed by atoms with Crippen LogP contribution in [0.4, 0.5) is 10.1 Å². The average molecular weight is 481 g/mol. The number of sulfonamides is 1. The molecule has 34 heavy (non-hydrogen) atoms. The molecule has 0 fully saturated rings. The van der Waals surface area contributed by atoms with E-state index in [4.69, 9.17) is 0 Å². The van der Waals surface area contributed by atoms with E-state index in [1.807, 2.05) is 6.92 Å². The van der Waals surface area contributed by atoms with Crippen LogP contribution in [0.15, 0.2) is 77.7 Å². The largest absolute Gasteiger partial charge is 0.348 e. The summed E-state index contributed by atoms with van der Waals surface area (Å²) in [6.45, 7) is 1.58. The smallest absolute Gasteiger partial charge is 0.264 e. The van der Waals surface area contributed by atoms with E-state index in [1.165, 1.54) is 60.4 Å². The molecule has 0 heterocycles. The zero-order valence-corrected chi connectivity index (χ0v) is 20.0. The van der Waals surface area contributed by atoms with Crippen molar-refractivity contribution in [2.45, 2.75) is 50.0 Å². The maximum Gasteiger partial charge on any atom is 0.264 e. The molecule has 3 aromatic rings. The molecule has 7 heteroatoms. The number of hydrogen-bond donors (Lipinski definition) is 1. The Labute approximate surface area is 200 Å². The highest BCUT2D eigenvalue weighted by atomic mass is 32.2. The Bertz CT molecular complexity index is 1240. The molecule has 4 rings (SSSR count). The Kier molecular flexibility index (Phi) is 7.32. The molecule has 178 valence electrons. The molecular weight excluding hydrogens is 451 g/mol. The summed E-state index contributed by atoms with van der Waals surface area (Å²) in [5.41, 5.74) is 3.95. The SMILES string of the molecule is CC[C@H](NC(=O)CN(c1ccc(F)cc1)S(=O)(=O)c1ccccc1)c1ccc2c(c1)CCCC2. The van der Waals surface area contributed by atoms with Gasteiger partial charge in [-0.3, -0.25) is 9.10 Å². The molecule has 0 bridgehead atoms. The van der Waals surface area contributed by atoms with Crippen molar-refractivity contribution in [2.75, 3.05) is 10.8 Å². The van der Waals surface area contributed by atoms with Crippen LogP contribution in [0.5, 0.6) is 0 Å². The van der Waals surface area contributed by atoms with Gasteiger partial charge in [0.25, 0.3) is 10.0 Å². The molecule has 0 spiro atoms. The van der Waals surface area contributed by atoms with Crippen molar-refractivity contribution in [3.8, 4) is 0 Å². The molecule has 1 aliphatic rings. The summed E-state index contributed by atoms with van der Waals surface area (Å²) in [6.07, 6.45) is 5.18. The van der Waals surface area contributed by atoms with Gasteiger partial charge in [0.05, 0.1) is 16.6 Å². The molecule has 0 aromatic heterocycles. The number of halogens is 1. The van der Waals surface area contributed by atoms with Crippen molar-refractivity contribution in [1.82, 2.24) is 5.32 Å². The molecule has 0 unspecified atom stereocenters. The zero-order chi connectivity index (χ0) is 24.1. The van der Waals surface area contributed by atoms with Gasteiger partial charge in [0.2, 0.25) is 5.91 Å². The van der Waals surface area contributed by atoms with E-state index < -0.39 is 28.3 Å². The maximum atomic E-state index is 13.5. The predicted octanol–water partition coefficient (Wildman–Crippen LogP) is 5.17. The number of anilines is 1. The molecule has 1 N–H and O–H groups in total. The second-order valence-electron chi connectivity index (χ2n) is 8.56. The summed E-state index contributed by atoms with van der Waals surface area (Å²) in [5, 5.41) is 3.01. The van der Waals surface area contributed by atoms with Gasteiger partial charge in [-0.1, -0.05) is 43.3 Å². The fourth-order valence-electron chi connectivity index (χ4n) is 4.40. The number of nitrogens with one attached hydrogen (secondary N) is 1. The van der Waals surface area contributed by atoms with Gasteiger partial charge in [0.15, 0.2) is 0 Å². The number of carbonyl (C=O) groups excluding carboxylic acids is 1. The van der Waals surface area contributed by atoms with Crippen LogP contribution in [-0.2, 0) is 27.7 Å². The lowest BCUT2D eigenvalue weighted by molar-refractivity contribution is -0.120. The molecule has 1 amide bonds. The first-order valence-electron chi connectivity index (χ1n) is 11.6. The van der Waals surface area contributed by atoms with Crippen LogP contribution in [0.25, 0.3) is 0 Å². The van der Waals surface area contributed by atoms with Gasteiger partial charge in [-0.2, -0.15) is 0 Å². The maximum absolute atomic E-state index is 13.5. The molecule has 0 saturated heterocycles. The zero-order valence-electron chi connectivity index (χ0n) is 19.2. The lowest BCUT2D eigenvalue weighted by Crippen LogP contribution is -2.42. The molecule has 1 atom stereocenters. The van der Waals surface area contributed by atoms with Gasteiger partial charge in [-0.05, 0) is 85.2 Å². The van der Waals surface area contributed by atoms with Crippen molar-refractivity contribution >= 4 is 21.6 Å². The number of benzene rings is 3. The van der Waals surface area contributed by atoms with E-state index in [9.17, 15) is 17.6 Å². The van der Waals surface area contributed by atoms with Crippen LogP contribution in [0.2, 0.25) is 0 Å². The minimum absolute atomic E-state index is 0.0638. The Balaban J connectivity index is 1.58. The van der Waals surface area contributed by atoms with Crippen LogP contribution >= 0.6 is 0 Å². The fourth-order valence-corrected chi connectivity index (χ4v) is 5.85. The molecule has 1 aliphatic carbocycles. The second kappa shape index (κ2) is 10.4. The Hall–Kier alpha value is -3.19. The summed E-state index contributed by atoms with van der Waals surface area (Å²) in [4.78, 5) is 13.2. The molecule has 5 nitrogen and oxygen atoms in total. The van der Waals surface area contributed by atoms with Gasteiger partial charge in [-0.25, -0.2) is 12.8 Å². The average Bonchev–Trinajstić information content (AvgIpc) is 2.86. The van der Waals surface area contributed by atoms with E-state index >= 15 is 0 Å². The highest BCUT2D eigenvalue weighted by molar-refractivity contribution is 7.92. The number of carbonyl (C=O) groups is 1. The summed E-state index contributed by atoms with van der Waals surface area (Å²) >= 11 is 0. The molecule has 0 saturated carbocycles. The highest BCUT2D eigenvalue weighted by Gasteiger charge is 2.28. The Morgan fingerprint density at radius 3 is 2.32 bits per heavy atom. The number of aryl methyl sites for hydroxylation is 2. The number of nitrogens with zero attached hydrogens (tertiary/aromatic N) is 1. The second-order valence-corrected chi connectivity index (χ2v) is 10.4. The predicted molar refractivity (Wildman–Crippen MR) is 132 cm³/mol. The van der Waals surface area contributed by atoms with Crippen LogP contribution in [0.3, 0.4) is 0 Å². The monoisotopic (exact) mass is 480 g/mol. The standard InChI is InChI=1S/C27H29FN2O3S/c1-2-26(22-13-12-20-8-6-7-9-21(20)18-22)29-27(31)19-30(24-16-14-23(28)15-17-24)34(32,33)25-10-4-3-5-11-25/h3-5,10-18,26H,2,6-9,19H2,1H3,(H,29,31)/t26-/m0/s1. The van der Waals surface area contributed by atoms with E-state index in [1.54, 1.807) is 18.2 Å². The first kappa shape index (κ1) is 24.0. The lowest BCUT2D eigenvalue weighted by atomic mass is 9.89. The van der Waals surface area contributed by atoms with Crippen molar-refractivity contribution in [3.05, 3.63) is 95.3 Å². The number of fused-ring (bicyclic) bond motifs is 1. The molecule has 0 radical (unpaired) electrons. The Morgan fingerprint density at radius 2 is 1.65 bits per heavy atom. The summed E-state index contributed by atoms with van der Waals surface area (Å²) < 4.78 is 41.3. The minimum atomic E-state index is -4.03. The van der Waals surface area contributed by atoms with Gasteiger partial charge in [0.1, 0.15) is 12.4 Å². The molecule has 3 aromatic carbocycles. The first-order valence-corrected chi connectivity index (χ1v) is 13.1. The number of amides is 1. The van der Waals surface area contributed by atoms with Crippen LogP contribution in [0.1, 0.15) is 48.9 Å². The minimum Gasteiger partial charge on any atom is -0.348 e. The van der Waals surface area contributed by atoms with Gasteiger partial charge < -0.3 is 5.32 Å². The third-order valence-electron chi connectivity index (χ3n) is 6.25. The third-order valence-corrected chi connectivity index (χ3v) is 8.04. The third kappa shape index (κ3) is 5.30. The number of hydrogen-bond acceptors (Lipinski definition) is 3. The lowest BCUT2D eigenvalue weighted by Gasteiger charge is -2.26. The van der Waals surface area contributed by atoms with Gasteiger partial charge in [-0.15, -0.1) is 0 Å². The Morgan fingerprint density at radius 1 is 0.971 bits per heavy atom.